The highest BCUT2D eigenvalue weighted by Gasteiger charge is 2.23. The fourth-order valence-electron chi connectivity index (χ4n) is 2.87. The van der Waals surface area contributed by atoms with Crippen LogP contribution in [0.15, 0.2) is 53.0 Å². The molecular formula is C17H21BrN2O2. The molecule has 1 aliphatic carbocycles. The molecule has 1 unspecified atom stereocenters. The lowest BCUT2D eigenvalue weighted by molar-refractivity contribution is -0.471. The van der Waals surface area contributed by atoms with Gasteiger partial charge in [-0.15, -0.1) is 0 Å². The van der Waals surface area contributed by atoms with Gasteiger partial charge in [0.05, 0.1) is 0 Å². The van der Waals surface area contributed by atoms with Crippen LogP contribution in [0.5, 0.6) is 0 Å². The van der Waals surface area contributed by atoms with Crippen LogP contribution in [0.1, 0.15) is 24.8 Å². The third-order valence-corrected chi connectivity index (χ3v) is 4.18. The fourth-order valence-corrected chi connectivity index (χ4v) is 3.19. The quantitative estimate of drug-likeness (QED) is 0.414. The zero-order valence-corrected chi connectivity index (χ0v) is 14.2. The van der Waals surface area contributed by atoms with Gasteiger partial charge < -0.3 is 0 Å². The van der Waals surface area contributed by atoms with Crippen LogP contribution in [-0.2, 0) is 6.54 Å². The average Bonchev–Trinajstić information content (AvgIpc) is 2.47. The van der Waals surface area contributed by atoms with Crippen LogP contribution >= 0.6 is 15.9 Å². The molecule has 0 bridgehead atoms. The Labute approximate surface area is 139 Å². The Morgan fingerprint density at radius 2 is 2.14 bits per heavy atom. The van der Waals surface area contributed by atoms with E-state index >= 15 is 0 Å². The van der Waals surface area contributed by atoms with E-state index in [-0.39, 0.29) is 11.5 Å². The minimum absolute atomic E-state index is 0.0173. The number of nitro groups is 1. The van der Waals surface area contributed by atoms with E-state index in [4.69, 9.17) is 0 Å². The molecule has 4 nitrogen and oxygen atoms in total. The maximum absolute atomic E-state index is 10.6. The molecule has 0 saturated carbocycles. The summed E-state index contributed by atoms with van der Waals surface area (Å²) < 4.78 is 0.962. The van der Waals surface area contributed by atoms with Crippen LogP contribution in [0.3, 0.4) is 0 Å². The highest BCUT2D eigenvalue weighted by Crippen LogP contribution is 2.25. The van der Waals surface area contributed by atoms with Crippen molar-refractivity contribution in [3.05, 3.63) is 68.7 Å². The summed E-state index contributed by atoms with van der Waals surface area (Å²) in [4.78, 5) is 12.8. The first-order valence-corrected chi connectivity index (χ1v) is 8.25. The second kappa shape index (κ2) is 8.25. The van der Waals surface area contributed by atoms with Gasteiger partial charge in [0.25, 0.3) is 0 Å². The maximum Gasteiger partial charge on any atom is 0.224 e. The fraction of sp³-hybridized carbons (Fsp3) is 0.412. The Morgan fingerprint density at radius 1 is 1.41 bits per heavy atom. The van der Waals surface area contributed by atoms with Crippen molar-refractivity contribution in [3.8, 4) is 0 Å². The van der Waals surface area contributed by atoms with Gasteiger partial charge in [-0.1, -0.05) is 58.9 Å². The van der Waals surface area contributed by atoms with Crippen LogP contribution in [-0.4, -0.2) is 29.0 Å². The molecule has 0 aromatic heterocycles. The number of nitrogens with zero attached hydrogens (tertiary/aromatic N) is 2. The highest BCUT2D eigenvalue weighted by molar-refractivity contribution is 9.11. The first-order chi connectivity index (χ1) is 10.5. The first kappa shape index (κ1) is 16.9. The molecule has 0 spiro atoms. The number of rotatable bonds is 7. The van der Waals surface area contributed by atoms with Crippen molar-refractivity contribution >= 4 is 15.9 Å². The molecule has 118 valence electrons. The van der Waals surface area contributed by atoms with Crippen molar-refractivity contribution in [1.82, 2.24) is 4.90 Å². The molecule has 1 aliphatic rings. The van der Waals surface area contributed by atoms with E-state index in [1.165, 1.54) is 5.56 Å². The summed E-state index contributed by atoms with van der Waals surface area (Å²) in [5.74, 6) is 0. The van der Waals surface area contributed by atoms with Crippen LogP contribution < -0.4 is 0 Å². The van der Waals surface area contributed by atoms with Gasteiger partial charge in [-0.25, -0.2) is 0 Å². The van der Waals surface area contributed by atoms with E-state index in [9.17, 15) is 10.1 Å². The van der Waals surface area contributed by atoms with E-state index < -0.39 is 0 Å². The minimum atomic E-state index is -0.242. The second-order valence-corrected chi connectivity index (χ2v) is 6.81. The van der Waals surface area contributed by atoms with Crippen LogP contribution in [0.4, 0.5) is 0 Å². The van der Waals surface area contributed by atoms with Gasteiger partial charge in [0.1, 0.15) is 0 Å². The Hall–Kier alpha value is -1.46. The van der Waals surface area contributed by atoms with Gasteiger partial charge in [0.15, 0.2) is 0 Å². The topological polar surface area (TPSA) is 46.4 Å². The SMILES string of the molecule is C=C(Br)CN(Cc1ccccc1)C1CC=C(C[N+](=O)[O-])CC1. The molecule has 2 rings (SSSR count). The summed E-state index contributed by atoms with van der Waals surface area (Å²) >= 11 is 3.46. The first-order valence-electron chi connectivity index (χ1n) is 7.45. The molecule has 1 atom stereocenters. The summed E-state index contributed by atoms with van der Waals surface area (Å²) in [6.45, 7) is 5.60. The average molecular weight is 365 g/mol. The van der Waals surface area contributed by atoms with Crippen LogP contribution in [0.2, 0.25) is 0 Å². The van der Waals surface area contributed by atoms with Crippen LogP contribution in [0.25, 0.3) is 0 Å². The van der Waals surface area contributed by atoms with Crippen molar-refractivity contribution in [2.45, 2.75) is 31.8 Å². The lowest BCUT2D eigenvalue weighted by Gasteiger charge is -2.33. The molecule has 0 amide bonds. The summed E-state index contributed by atoms with van der Waals surface area (Å²) in [6.07, 6.45) is 4.70. The smallest absolute Gasteiger partial charge is 0.224 e. The van der Waals surface area contributed by atoms with Crippen molar-refractivity contribution in [2.24, 2.45) is 0 Å². The Morgan fingerprint density at radius 3 is 2.68 bits per heavy atom. The molecule has 0 radical (unpaired) electrons. The largest absolute Gasteiger partial charge is 0.291 e. The molecule has 0 N–H and O–H groups in total. The zero-order valence-electron chi connectivity index (χ0n) is 12.6. The summed E-state index contributed by atoms with van der Waals surface area (Å²) in [5.41, 5.74) is 2.23. The monoisotopic (exact) mass is 364 g/mol. The van der Waals surface area contributed by atoms with E-state index in [1.54, 1.807) is 0 Å². The van der Waals surface area contributed by atoms with Crippen molar-refractivity contribution in [3.63, 3.8) is 0 Å². The van der Waals surface area contributed by atoms with Gasteiger partial charge in [-0.2, -0.15) is 0 Å². The maximum atomic E-state index is 10.6. The van der Waals surface area contributed by atoms with E-state index in [1.807, 2.05) is 24.3 Å². The van der Waals surface area contributed by atoms with Gasteiger partial charge in [0.2, 0.25) is 6.54 Å². The van der Waals surface area contributed by atoms with Gasteiger partial charge in [-0.3, -0.25) is 15.0 Å². The Balaban J connectivity index is 2.02. The third kappa shape index (κ3) is 5.39. The second-order valence-electron chi connectivity index (χ2n) is 5.69. The summed E-state index contributed by atoms with van der Waals surface area (Å²) in [6, 6.07) is 10.8. The van der Waals surface area contributed by atoms with Crippen molar-refractivity contribution < 1.29 is 4.92 Å². The van der Waals surface area contributed by atoms with Crippen molar-refractivity contribution in [1.29, 1.82) is 0 Å². The minimum Gasteiger partial charge on any atom is -0.291 e. The molecule has 1 aromatic carbocycles. The molecule has 0 heterocycles. The molecule has 0 saturated heterocycles. The Bertz CT molecular complexity index is 557. The Kier molecular flexibility index (Phi) is 6.34. The number of benzene rings is 1. The third-order valence-electron chi connectivity index (χ3n) is 3.93. The summed E-state index contributed by atoms with van der Waals surface area (Å²) in [7, 11) is 0. The molecule has 22 heavy (non-hydrogen) atoms. The molecule has 5 heteroatoms. The summed E-state index contributed by atoms with van der Waals surface area (Å²) in [5, 5.41) is 10.6. The predicted octanol–water partition coefficient (Wildman–Crippen LogP) is 4.15. The number of hydrogen-bond donors (Lipinski definition) is 0. The lowest BCUT2D eigenvalue weighted by atomic mass is 9.93. The van der Waals surface area contributed by atoms with E-state index in [2.05, 4.69) is 39.5 Å². The molecule has 0 fully saturated rings. The van der Waals surface area contributed by atoms with Gasteiger partial charge >= 0.3 is 0 Å². The van der Waals surface area contributed by atoms with E-state index in [0.29, 0.717) is 6.04 Å². The van der Waals surface area contributed by atoms with E-state index in [0.717, 1.165) is 42.4 Å². The molecule has 1 aromatic rings. The van der Waals surface area contributed by atoms with Crippen LogP contribution in [0, 0.1) is 10.1 Å². The number of halogens is 1. The lowest BCUT2D eigenvalue weighted by Crippen LogP contribution is -2.37. The van der Waals surface area contributed by atoms with Crippen molar-refractivity contribution in [2.75, 3.05) is 13.1 Å². The zero-order chi connectivity index (χ0) is 15.9. The normalized spacial score (nSPS) is 18.1. The molecule has 0 aliphatic heterocycles. The van der Waals surface area contributed by atoms with Gasteiger partial charge in [-0.05, 0) is 30.4 Å². The predicted molar refractivity (Wildman–Crippen MR) is 92.5 cm³/mol. The standard InChI is InChI=1S/C17H21BrN2O2/c1-14(18)11-19(12-15-5-3-2-4-6-15)17-9-7-16(8-10-17)13-20(21)22/h2-7,17H,1,8-13H2. The van der Waals surface area contributed by atoms with Gasteiger partial charge in [0, 0.05) is 28.5 Å². The highest BCUT2D eigenvalue weighted by atomic mass is 79.9. The molecular weight excluding hydrogens is 344 g/mol. The number of hydrogen-bond acceptors (Lipinski definition) is 3.